The van der Waals surface area contributed by atoms with Gasteiger partial charge in [0.1, 0.15) is 5.75 Å². The number of hydrogen-bond acceptors (Lipinski definition) is 6. The van der Waals surface area contributed by atoms with Gasteiger partial charge in [0.05, 0.1) is 6.61 Å². The van der Waals surface area contributed by atoms with Crippen molar-refractivity contribution in [3.63, 3.8) is 0 Å². The van der Waals surface area contributed by atoms with Crippen LogP contribution in [0.1, 0.15) is 32.1 Å². The van der Waals surface area contributed by atoms with Crippen LogP contribution in [0.5, 0.6) is 5.75 Å². The molecular formula is C19H27ClN4O3. The number of carbonyl (C=O) groups is 1. The van der Waals surface area contributed by atoms with Crippen molar-refractivity contribution in [1.82, 2.24) is 20.4 Å². The van der Waals surface area contributed by atoms with E-state index < -0.39 is 0 Å². The van der Waals surface area contributed by atoms with E-state index in [2.05, 4.69) is 15.5 Å². The average Bonchev–Trinajstić information content (AvgIpc) is 3.16. The zero-order valence-corrected chi connectivity index (χ0v) is 16.6. The molecule has 0 aliphatic carbocycles. The number of hydrogen-bond donors (Lipinski definition) is 1. The summed E-state index contributed by atoms with van der Waals surface area (Å²) < 4.78 is 10.7. The summed E-state index contributed by atoms with van der Waals surface area (Å²) in [7, 11) is 1.94. The lowest BCUT2D eigenvalue weighted by Crippen LogP contribution is -2.47. The van der Waals surface area contributed by atoms with Crippen LogP contribution in [-0.2, 0) is 11.2 Å². The molecule has 8 heteroatoms. The van der Waals surface area contributed by atoms with E-state index in [1.54, 1.807) is 0 Å². The van der Waals surface area contributed by atoms with E-state index in [-0.39, 0.29) is 18.3 Å². The molecule has 2 aromatic rings. The molecule has 3 rings (SSSR count). The van der Waals surface area contributed by atoms with Crippen molar-refractivity contribution < 1.29 is 14.1 Å². The number of aryl methyl sites for hydroxylation is 1. The highest BCUT2D eigenvalue weighted by molar-refractivity contribution is 5.85. The van der Waals surface area contributed by atoms with Gasteiger partial charge in [-0.15, -0.1) is 12.4 Å². The van der Waals surface area contributed by atoms with E-state index in [0.29, 0.717) is 37.2 Å². The number of amides is 1. The first-order valence-corrected chi connectivity index (χ1v) is 9.20. The largest absolute Gasteiger partial charge is 0.494 e. The highest BCUT2D eigenvalue weighted by atomic mass is 35.5. The summed E-state index contributed by atoms with van der Waals surface area (Å²) in [6.07, 6.45) is 3.01. The minimum absolute atomic E-state index is 0. The molecule has 1 aromatic heterocycles. The molecule has 148 valence electrons. The number of likely N-dealkylation sites (N-methyl/N-ethyl adjacent to an activating group) is 1. The van der Waals surface area contributed by atoms with E-state index in [4.69, 9.17) is 9.26 Å². The molecular weight excluding hydrogens is 368 g/mol. The second-order valence-corrected chi connectivity index (χ2v) is 6.44. The number of likely N-dealkylation sites (tertiary alicyclic amines) is 1. The van der Waals surface area contributed by atoms with Crippen molar-refractivity contribution in [2.45, 2.75) is 38.6 Å². The van der Waals surface area contributed by atoms with E-state index in [0.717, 1.165) is 37.2 Å². The van der Waals surface area contributed by atoms with Gasteiger partial charge in [-0.2, -0.15) is 4.98 Å². The molecule has 1 aliphatic heterocycles. The Kier molecular flexibility index (Phi) is 8.06. The Balaban J connectivity index is 0.00000261. The van der Waals surface area contributed by atoms with Crippen molar-refractivity contribution in [2.24, 2.45) is 0 Å². The molecule has 0 spiro atoms. The Morgan fingerprint density at radius 1 is 1.37 bits per heavy atom. The third-order valence-electron chi connectivity index (χ3n) is 4.63. The summed E-state index contributed by atoms with van der Waals surface area (Å²) in [4.78, 5) is 18.7. The van der Waals surface area contributed by atoms with E-state index >= 15 is 0 Å². The van der Waals surface area contributed by atoms with Crippen LogP contribution in [0.3, 0.4) is 0 Å². The molecule has 0 bridgehead atoms. The van der Waals surface area contributed by atoms with Gasteiger partial charge in [0.2, 0.25) is 17.6 Å². The fraction of sp³-hybridized carbons (Fsp3) is 0.526. The second-order valence-electron chi connectivity index (χ2n) is 6.44. The van der Waals surface area contributed by atoms with Gasteiger partial charge in [-0.05, 0) is 51.1 Å². The van der Waals surface area contributed by atoms with E-state index in [1.165, 1.54) is 0 Å². The molecule has 1 fully saturated rings. The molecule has 7 nitrogen and oxygen atoms in total. The van der Waals surface area contributed by atoms with Gasteiger partial charge in [0.15, 0.2) is 0 Å². The van der Waals surface area contributed by atoms with Gasteiger partial charge in [0.25, 0.3) is 0 Å². The monoisotopic (exact) mass is 394 g/mol. The number of ether oxygens (including phenoxy) is 1. The minimum Gasteiger partial charge on any atom is -0.494 e. The third kappa shape index (κ3) is 5.68. The highest BCUT2D eigenvalue weighted by Crippen LogP contribution is 2.20. The molecule has 1 aromatic carbocycles. The van der Waals surface area contributed by atoms with Gasteiger partial charge in [-0.3, -0.25) is 4.79 Å². The van der Waals surface area contributed by atoms with Crippen LogP contribution in [0.15, 0.2) is 28.8 Å². The predicted molar refractivity (Wildman–Crippen MR) is 105 cm³/mol. The molecule has 1 unspecified atom stereocenters. The fourth-order valence-electron chi connectivity index (χ4n) is 3.15. The smallest absolute Gasteiger partial charge is 0.227 e. The van der Waals surface area contributed by atoms with Crippen LogP contribution in [0, 0.1) is 0 Å². The van der Waals surface area contributed by atoms with Crippen molar-refractivity contribution in [3.05, 3.63) is 30.2 Å². The van der Waals surface area contributed by atoms with Gasteiger partial charge in [-0.1, -0.05) is 5.16 Å². The highest BCUT2D eigenvalue weighted by Gasteiger charge is 2.22. The minimum atomic E-state index is 0. The summed E-state index contributed by atoms with van der Waals surface area (Å²) >= 11 is 0. The molecule has 1 amide bonds. The number of benzene rings is 1. The topological polar surface area (TPSA) is 80.5 Å². The third-order valence-corrected chi connectivity index (χ3v) is 4.63. The second kappa shape index (κ2) is 10.3. The maximum Gasteiger partial charge on any atom is 0.227 e. The van der Waals surface area contributed by atoms with Crippen molar-refractivity contribution in [1.29, 1.82) is 0 Å². The lowest BCUT2D eigenvalue weighted by atomic mass is 10.1. The van der Waals surface area contributed by atoms with Gasteiger partial charge in [-0.25, -0.2) is 0 Å². The van der Waals surface area contributed by atoms with Crippen LogP contribution in [0.2, 0.25) is 0 Å². The Bertz CT molecular complexity index is 720. The van der Waals surface area contributed by atoms with E-state index in [9.17, 15) is 4.79 Å². The SMILES string of the molecule is CCOc1ccc(-c2noc(CCC(=O)N3CCCC(NC)C3)n2)cc1.Cl. The normalized spacial score (nSPS) is 16.7. The first kappa shape index (κ1) is 21.2. The Morgan fingerprint density at radius 2 is 2.15 bits per heavy atom. The van der Waals surface area contributed by atoms with Crippen LogP contribution < -0.4 is 10.1 Å². The zero-order valence-electron chi connectivity index (χ0n) is 15.8. The molecule has 1 atom stereocenters. The molecule has 0 radical (unpaired) electrons. The number of halogens is 1. The molecule has 1 aliphatic rings. The van der Waals surface area contributed by atoms with Crippen molar-refractivity contribution in [3.8, 4) is 17.1 Å². The molecule has 2 heterocycles. The summed E-state index contributed by atoms with van der Waals surface area (Å²) in [5.74, 6) is 1.98. The average molecular weight is 395 g/mol. The maximum atomic E-state index is 12.4. The summed E-state index contributed by atoms with van der Waals surface area (Å²) in [5.41, 5.74) is 0.864. The van der Waals surface area contributed by atoms with Crippen LogP contribution in [-0.4, -0.2) is 53.7 Å². The number of aromatic nitrogens is 2. The molecule has 0 saturated carbocycles. The fourth-order valence-corrected chi connectivity index (χ4v) is 3.15. The molecule has 1 N–H and O–H groups in total. The van der Waals surface area contributed by atoms with Crippen LogP contribution in [0.25, 0.3) is 11.4 Å². The van der Waals surface area contributed by atoms with Crippen LogP contribution >= 0.6 is 12.4 Å². The molecule has 1 saturated heterocycles. The summed E-state index contributed by atoms with van der Waals surface area (Å²) in [6.45, 7) is 4.18. The Hall–Kier alpha value is -2.12. The lowest BCUT2D eigenvalue weighted by Gasteiger charge is -2.32. The Labute approximate surface area is 165 Å². The molecule has 27 heavy (non-hydrogen) atoms. The number of carbonyl (C=O) groups excluding carboxylic acids is 1. The lowest BCUT2D eigenvalue weighted by molar-refractivity contribution is -0.132. The van der Waals surface area contributed by atoms with Gasteiger partial charge in [0, 0.05) is 37.5 Å². The predicted octanol–water partition coefficient (Wildman–Crippen LogP) is 2.70. The van der Waals surface area contributed by atoms with E-state index in [1.807, 2.05) is 43.1 Å². The maximum absolute atomic E-state index is 12.4. The van der Waals surface area contributed by atoms with Gasteiger partial charge < -0.3 is 19.5 Å². The zero-order chi connectivity index (χ0) is 18.4. The summed E-state index contributed by atoms with van der Waals surface area (Å²) in [5, 5.41) is 7.27. The van der Waals surface area contributed by atoms with Gasteiger partial charge >= 0.3 is 0 Å². The van der Waals surface area contributed by atoms with Crippen molar-refractivity contribution >= 4 is 18.3 Å². The van der Waals surface area contributed by atoms with Crippen molar-refractivity contribution in [2.75, 3.05) is 26.7 Å². The number of piperidine rings is 1. The number of rotatable bonds is 7. The first-order chi connectivity index (χ1) is 12.7. The quantitative estimate of drug-likeness (QED) is 0.777. The number of nitrogens with zero attached hydrogens (tertiary/aromatic N) is 3. The standard InChI is InChI=1S/C19H26N4O3.ClH/c1-3-25-16-8-6-14(7-9-16)19-21-17(26-22-19)10-11-18(24)23-12-4-5-15(13-23)20-2;/h6-9,15,20H,3-5,10-13H2,1-2H3;1H. The van der Waals surface area contributed by atoms with Crippen LogP contribution in [0.4, 0.5) is 0 Å². The summed E-state index contributed by atoms with van der Waals surface area (Å²) in [6, 6.07) is 7.95. The Morgan fingerprint density at radius 3 is 2.85 bits per heavy atom. The first-order valence-electron chi connectivity index (χ1n) is 9.20. The number of nitrogens with one attached hydrogen (secondary N) is 1.